The fraction of sp³-hybridized carbons (Fsp3) is 0.263. The van der Waals surface area contributed by atoms with Gasteiger partial charge in [0.25, 0.3) is 0 Å². The van der Waals surface area contributed by atoms with Gasteiger partial charge < -0.3 is 19.9 Å². The molecule has 0 aliphatic carbocycles. The number of carbonyl (C=O) groups excluding carboxylic acids is 1. The number of ether oxygens (including phenoxy) is 1. The first-order valence-electron chi connectivity index (χ1n) is 9.10. The molecule has 1 fully saturated rings. The van der Waals surface area contributed by atoms with Crippen molar-refractivity contribution in [2.45, 2.75) is 0 Å². The summed E-state index contributed by atoms with van der Waals surface area (Å²) in [4.78, 5) is 25.1. The molecule has 1 saturated heterocycles. The van der Waals surface area contributed by atoms with Crippen LogP contribution in [0.5, 0.6) is 5.75 Å². The van der Waals surface area contributed by atoms with Crippen LogP contribution in [0.3, 0.4) is 0 Å². The van der Waals surface area contributed by atoms with Crippen molar-refractivity contribution in [2.75, 3.05) is 43.5 Å². The number of nitrogens with one attached hydrogen (secondary N) is 1. The van der Waals surface area contributed by atoms with Crippen molar-refractivity contribution < 1.29 is 9.53 Å². The second-order valence-electron chi connectivity index (χ2n) is 6.44. The maximum Gasteiger partial charge on any atom is 0.321 e. The molecule has 2 amide bonds. The summed E-state index contributed by atoms with van der Waals surface area (Å²) in [5, 5.41) is 7.52. The van der Waals surface area contributed by atoms with E-state index in [1.54, 1.807) is 41.1 Å². The molecule has 0 saturated carbocycles. The van der Waals surface area contributed by atoms with E-state index in [-0.39, 0.29) is 6.03 Å². The molecule has 0 bridgehead atoms. The lowest BCUT2D eigenvalue weighted by Crippen LogP contribution is -2.50. The van der Waals surface area contributed by atoms with E-state index in [4.69, 9.17) is 16.3 Å². The highest BCUT2D eigenvalue weighted by atomic mass is 35.5. The fourth-order valence-corrected chi connectivity index (χ4v) is 3.38. The van der Waals surface area contributed by atoms with Crippen LogP contribution in [0.4, 0.5) is 16.3 Å². The van der Waals surface area contributed by atoms with E-state index in [9.17, 15) is 4.79 Å². The highest BCUT2D eigenvalue weighted by molar-refractivity contribution is 6.32. The number of methoxy groups -OCH3 is 1. The molecule has 150 valence electrons. The molecule has 4 rings (SSSR count). The third kappa shape index (κ3) is 4.24. The van der Waals surface area contributed by atoms with Gasteiger partial charge in [-0.25, -0.2) is 19.4 Å². The van der Waals surface area contributed by atoms with Crippen LogP contribution in [-0.4, -0.2) is 64.0 Å². The van der Waals surface area contributed by atoms with Gasteiger partial charge in [-0.1, -0.05) is 11.6 Å². The summed E-state index contributed by atoms with van der Waals surface area (Å²) in [5.41, 5.74) is 0.628. The summed E-state index contributed by atoms with van der Waals surface area (Å²) in [6.07, 6.45) is 5.06. The monoisotopic (exact) mass is 413 g/mol. The lowest BCUT2D eigenvalue weighted by atomic mass is 10.3. The second-order valence-corrected chi connectivity index (χ2v) is 6.85. The largest absolute Gasteiger partial charge is 0.495 e. The van der Waals surface area contributed by atoms with Crippen LogP contribution < -0.4 is 15.0 Å². The second kappa shape index (κ2) is 8.36. The number of anilines is 2. The lowest BCUT2D eigenvalue weighted by molar-refractivity contribution is 0.208. The van der Waals surface area contributed by atoms with E-state index in [0.717, 1.165) is 5.82 Å². The molecule has 0 radical (unpaired) electrons. The van der Waals surface area contributed by atoms with Gasteiger partial charge in [-0.2, -0.15) is 5.10 Å². The van der Waals surface area contributed by atoms with Crippen molar-refractivity contribution in [3.63, 3.8) is 0 Å². The van der Waals surface area contributed by atoms with Gasteiger partial charge in [-0.3, -0.25) is 0 Å². The van der Waals surface area contributed by atoms with E-state index in [2.05, 4.69) is 25.3 Å². The van der Waals surface area contributed by atoms with Gasteiger partial charge in [0.2, 0.25) is 0 Å². The van der Waals surface area contributed by atoms with Gasteiger partial charge in [-0.15, -0.1) is 0 Å². The molecule has 9 nitrogen and oxygen atoms in total. The van der Waals surface area contributed by atoms with Gasteiger partial charge in [-0.05, 0) is 24.3 Å². The maximum atomic E-state index is 12.6. The number of carbonyl (C=O) groups is 1. The molecule has 1 aromatic carbocycles. The predicted molar refractivity (Wildman–Crippen MR) is 110 cm³/mol. The zero-order valence-electron chi connectivity index (χ0n) is 15.8. The summed E-state index contributed by atoms with van der Waals surface area (Å²) in [5.74, 6) is 2.08. The third-order valence-electron chi connectivity index (χ3n) is 4.67. The van der Waals surface area contributed by atoms with Crippen molar-refractivity contribution >= 4 is 29.1 Å². The summed E-state index contributed by atoms with van der Waals surface area (Å²) in [6, 6.07) is 8.73. The third-order valence-corrected chi connectivity index (χ3v) is 4.97. The SMILES string of the molecule is COc1ccc(NC(=O)N2CCN(c3cc(-n4cccn4)ncn3)CC2)cc1Cl. The molecule has 3 aromatic rings. The minimum absolute atomic E-state index is 0.161. The minimum Gasteiger partial charge on any atom is -0.495 e. The molecule has 3 heterocycles. The maximum absolute atomic E-state index is 12.6. The van der Waals surface area contributed by atoms with Crippen LogP contribution in [0.1, 0.15) is 0 Å². The molecule has 2 aromatic heterocycles. The standard InChI is InChI=1S/C19H20ClN7O2/c1-29-16-4-3-14(11-15(16)20)24-19(28)26-9-7-25(8-10-26)17-12-18(22-13-21-17)27-6-2-5-23-27/h2-6,11-13H,7-10H2,1H3,(H,24,28). The molecule has 1 N–H and O–H groups in total. The molecule has 1 aliphatic rings. The average Bonchev–Trinajstić information content (AvgIpc) is 3.29. The van der Waals surface area contributed by atoms with Crippen LogP contribution in [0.2, 0.25) is 5.02 Å². The van der Waals surface area contributed by atoms with Crippen molar-refractivity contribution in [3.8, 4) is 11.6 Å². The zero-order valence-corrected chi connectivity index (χ0v) is 16.6. The Balaban J connectivity index is 1.36. The Labute approximate surface area is 172 Å². The highest BCUT2D eigenvalue weighted by Crippen LogP contribution is 2.27. The molecular weight excluding hydrogens is 394 g/mol. The number of halogens is 1. The van der Waals surface area contributed by atoms with Crippen LogP contribution in [-0.2, 0) is 0 Å². The molecular formula is C19H20ClN7O2. The number of piperazine rings is 1. The summed E-state index contributed by atoms with van der Waals surface area (Å²) in [6.45, 7) is 2.51. The van der Waals surface area contributed by atoms with Crippen LogP contribution in [0, 0.1) is 0 Å². The molecule has 0 atom stereocenters. The van der Waals surface area contributed by atoms with Crippen LogP contribution in [0.25, 0.3) is 5.82 Å². The molecule has 0 spiro atoms. The quantitative estimate of drug-likeness (QED) is 0.707. The summed E-state index contributed by atoms with van der Waals surface area (Å²) in [7, 11) is 1.55. The van der Waals surface area contributed by atoms with E-state index < -0.39 is 0 Å². The number of aromatic nitrogens is 4. The summed E-state index contributed by atoms with van der Waals surface area (Å²) >= 11 is 6.12. The molecule has 10 heteroatoms. The fourth-order valence-electron chi connectivity index (χ4n) is 3.13. The van der Waals surface area contributed by atoms with E-state index in [1.165, 1.54) is 6.33 Å². The van der Waals surface area contributed by atoms with Crippen molar-refractivity contribution in [1.29, 1.82) is 0 Å². The Hall–Kier alpha value is -3.33. The van der Waals surface area contributed by atoms with Crippen molar-refractivity contribution in [1.82, 2.24) is 24.6 Å². The topological polar surface area (TPSA) is 88.4 Å². The van der Waals surface area contributed by atoms with Crippen molar-refractivity contribution in [2.24, 2.45) is 0 Å². The first kappa shape index (κ1) is 19.0. The smallest absolute Gasteiger partial charge is 0.321 e. The number of hydrogen-bond acceptors (Lipinski definition) is 6. The number of hydrogen-bond donors (Lipinski definition) is 1. The van der Waals surface area contributed by atoms with E-state index in [0.29, 0.717) is 48.5 Å². The van der Waals surface area contributed by atoms with Crippen molar-refractivity contribution in [3.05, 3.63) is 54.1 Å². The predicted octanol–water partition coefficient (Wildman–Crippen LogP) is 2.68. The Kier molecular flexibility index (Phi) is 5.48. The molecule has 29 heavy (non-hydrogen) atoms. The van der Waals surface area contributed by atoms with Crippen LogP contribution >= 0.6 is 11.6 Å². The Morgan fingerprint density at radius 2 is 1.93 bits per heavy atom. The number of nitrogens with zero attached hydrogens (tertiary/aromatic N) is 6. The van der Waals surface area contributed by atoms with Gasteiger partial charge in [0.15, 0.2) is 5.82 Å². The zero-order chi connectivity index (χ0) is 20.2. The number of benzene rings is 1. The lowest BCUT2D eigenvalue weighted by Gasteiger charge is -2.35. The van der Waals surface area contributed by atoms with E-state index in [1.807, 2.05) is 18.3 Å². The normalized spacial score (nSPS) is 14.0. The number of amides is 2. The summed E-state index contributed by atoms with van der Waals surface area (Å²) < 4.78 is 6.82. The Morgan fingerprint density at radius 3 is 2.62 bits per heavy atom. The minimum atomic E-state index is -0.161. The van der Waals surface area contributed by atoms with Crippen LogP contribution in [0.15, 0.2) is 49.1 Å². The van der Waals surface area contributed by atoms with E-state index >= 15 is 0 Å². The first-order valence-corrected chi connectivity index (χ1v) is 9.48. The average molecular weight is 414 g/mol. The molecule has 1 aliphatic heterocycles. The first-order chi connectivity index (χ1) is 14.1. The van der Waals surface area contributed by atoms with Gasteiger partial charge in [0.1, 0.15) is 17.9 Å². The Bertz CT molecular complexity index is 988. The van der Waals surface area contributed by atoms with Gasteiger partial charge in [0.05, 0.1) is 12.1 Å². The number of urea groups is 1. The highest BCUT2D eigenvalue weighted by Gasteiger charge is 2.22. The molecule has 0 unspecified atom stereocenters. The van der Waals surface area contributed by atoms with Gasteiger partial charge in [0, 0.05) is 50.3 Å². The Morgan fingerprint density at radius 1 is 1.14 bits per heavy atom. The number of rotatable bonds is 4. The van der Waals surface area contributed by atoms with Gasteiger partial charge >= 0.3 is 6.03 Å².